The molecule has 1 aliphatic rings. The summed E-state index contributed by atoms with van der Waals surface area (Å²) in [6.45, 7) is 3.82. The van der Waals surface area contributed by atoms with Crippen LogP contribution in [-0.2, 0) is 4.79 Å². The molecular formula is C18H17N5O2. The first-order chi connectivity index (χ1) is 12.1. The van der Waals surface area contributed by atoms with Crippen molar-refractivity contribution in [2.24, 2.45) is 0 Å². The summed E-state index contributed by atoms with van der Waals surface area (Å²) in [5, 5.41) is 10.4. The van der Waals surface area contributed by atoms with Gasteiger partial charge in [0.25, 0.3) is 5.91 Å². The van der Waals surface area contributed by atoms with E-state index in [9.17, 15) is 4.79 Å². The van der Waals surface area contributed by atoms with Crippen LogP contribution in [0, 0.1) is 6.92 Å². The van der Waals surface area contributed by atoms with Gasteiger partial charge in [-0.25, -0.2) is 4.68 Å². The zero-order valence-electron chi connectivity index (χ0n) is 13.9. The van der Waals surface area contributed by atoms with Gasteiger partial charge in [-0.15, -0.1) is 0 Å². The number of carbonyl (C=O) groups is 1. The largest absolute Gasteiger partial charge is 0.472 e. The van der Waals surface area contributed by atoms with E-state index in [1.165, 1.54) is 6.33 Å². The van der Waals surface area contributed by atoms with Crippen LogP contribution >= 0.6 is 0 Å². The Morgan fingerprint density at radius 2 is 2.12 bits per heavy atom. The highest BCUT2D eigenvalue weighted by Gasteiger charge is 2.34. The second kappa shape index (κ2) is 5.94. The monoisotopic (exact) mass is 335 g/mol. The normalized spacial score (nSPS) is 16.3. The van der Waals surface area contributed by atoms with E-state index in [1.807, 2.05) is 44.2 Å². The third kappa shape index (κ3) is 2.59. The van der Waals surface area contributed by atoms with Gasteiger partial charge in [0, 0.05) is 16.9 Å². The summed E-state index contributed by atoms with van der Waals surface area (Å²) in [6, 6.07) is 9.10. The van der Waals surface area contributed by atoms with Crippen LogP contribution in [0.5, 0.6) is 0 Å². The summed E-state index contributed by atoms with van der Waals surface area (Å²) < 4.78 is 6.91. The van der Waals surface area contributed by atoms with Gasteiger partial charge < -0.3 is 15.1 Å². The molecule has 1 aliphatic heterocycles. The number of para-hydroxylation sites is 1. The number of carbonyl (C=O) groups excluding carboxylic acids is 1. The molecule has 1 atom stereocenters. The Labute approximate surface area is 144 Å². The van der Waals surface area contributed by atoms with Gasteiger partial charge in [0.05, 0.1) is 18.1 Å². The molecule has 0 aliphatic carbocycles. The summed E-state index contributed by atoms with van der Waals surface area (Å²) >= 11 is 0. The maximum absolute atomic E-state index is 13.1. The molecule has 25 heavy (non-hydrogen) atoms. The highest BCUT2D eigenvalue weighted by molar-refractivity contribution is 6.06. The number of benzene rings is 1. The van der Waals surface area contributed by atoms with Crippen molar-refractivity contribution >= 4 is 17.5 Å². The number of nitrogens with one attached hydrogen (secondary N) is 2. The number of nitrogens with zero attached hydrogens (tertiary/aromatic N) is 3. The lowest BCUT2D eigenvalue weighted by Crippen LogP contribution is -2.31. The van der Waals surface area contributed by atoms with Gasteiger partial charge in [-0.1, -0.05) is 18.2 Å². The highest BCUT2D eigenvalue weighted by Crippen LogP contribution is 2.35. The number of hydrogen-bond donors (Lipinski definition) is 2. The first-order valence-electron chi connectivity index (χ1n) is 7.91. The molecule has 0 saturated carbocycles. The van der Waals surface area contributed by atoms with Crippen molar-refractivity contribution in [2.75, 3.05) is 10.6 Å². The predicted octanol–water partition coefficient (Wildman–Crippen LogP) is 3.11. The smallest absolute Gasteiger partial charge is 0.255 e. The van der Waals surface area contributed by atoms with Crippen LogP contribution in [0.15, 0.2) is 64.9 Å². The Morgan fingerprint density at radius 3 is 2.88 bits per heavy atom. The van der Waals surface area contributed by atoms with E-state index in [0.29, 0.717) is 11.5 Å². The quantitative estimate of drug-likeness (QED) is 0.768. The molecule has 2 aromatic heterocycles. The van der Waals surface area contributed by atoms with Gasteiger partial charge in [-0.3, -0.25) is 4.79 Å². The third-order valence-corrected chi connectivity index (χ3v) is 4.29. The molecular weight excluding hydrogens is 318 g/mol. The number of amides is 1. The second-order valence-electron chi connectivity index (χ2n) is 5.92. The maximum atomic E-state index is 13.1. The Hall–Kier alpha value is -3.35. The second-order valence-corrected chi connectivity index (χ2v) is 5.92. The zero-order valence-corrected chi connectivity index (χ0v) is 13.9. The van der Waals surface area contributed by atoms with E-state index < -0.39 is 6.04 Å². The molecule has 126 valence electrons. The molecule has 0 spiro atoms. The molecule has 2 N–H and O–H groups in total. The van der Waals surface area contributed by atoms with E-state index in [1.54, 1.807) is 17.2 Å². The first kappa shape index (κ1) is 15.2. The SMILES string of the molecule is CC1=C(C(=O)Nc2ccccc2C)C(c2ccoc2)n2ncnc2N1. The summed E-state index contributed by atoms with van der Waals surface area (Å²) in [7, 11) is 0. The van der Waals surface area contributed by atoms with Gasteiger partial charge in [-0.2, -0.15) is 10.1 Å². The number of fused-ring (bicyclic) bond motifs is 1. The van der Waals surface area contributed by atoms with Gasteiger partial charge in [0.2, 0.25) is 5.95 Å². The summed E-state index contributed by atoms with van der Waals surface area (Å²) in [5.74, 6) is 0.405. The van der Waals surface area contributed by atoms with Crippen molar-refractivity contribution in [3.63, 3.8) is 0 Å². The molecule has 4 rings (SSSR count). The predicted molar refractivity (Wildman–Crippen MR) is 93.0 cm³/mol. The van der Waals surface area contributed by atoms with E-state index >= 15 is 0 Å². The molecule has 0 bridgehead atoms. The minimum absolute atomic E-state index is 0.188. The van der Waals surface area contributed by atoms with Crippen molar-refractivity contribution in [1.29, 1.82) is 0 Å². The highest BCUT2D eigenvalue weighted by atomic mass is 16.3. The van der Waals surface area contributed by atoms with Crippen molar-refractivity contribution in [2.45, 2.75) is 19.9 Å². The number of rotatable bonds is 3. The minimum atomic E-state index is -0.401. The fourth-order valence-corrected chi connectivity index (χ4v) is 3.03. The number of hydrogen-bond acceptors (Lipinski definition) is 5. The third-order valence-electron chi connectivity index (χ3n) is 4.29. The lowest BCUT2D eigenvalue weighted by Gasteiger charge is -2.27. The first-order valence-corrected chi connectivity index (χ1v) is 7.91. The van der Waals surface area contributed by atoms with Crippen molar-refractivity contribution in [3.05, 3.63) is 71.6 Å². The zero-order chi connectivity index (χ0) is 17.4. The number of furan rings is 1. The molecule has 1 amide bonds. The fraction of sp³-hybridized carbons (Fsp3) is 0.167. The molecule has 0 radical (unpaired) electrons. The number of aryl methyl sites for hydroxylation is 1. The van der Waals surface area contributed by atoms with Crippen LogP contribution < -0.4 is 10.6 Å². The number of aromatic nitrogens is 3. The fourth-order valence-electron chi connectivity index (χ4n) is 3.03. The Balaban J connectivity index is 1.76. The number of anilines is 2. The van der Waals surface area contributed by atoms with E-state index in [2.05, 4.69) is 20.7 Å². The van der Waals surface area contributed by atoms with Crippen LogP contribution in [0.3, 0.4) is 0 Å². The van der Waals surface area contributed by atoms with Crippen LogP contribution in [0.1, 0.15) is 24.1 Å². The van der Waals surface area contributed by atoms with Crippen LogP contribution in [-0.4, -0.2) is 20.7 Å². The summed E-state index contributed by atoms with van der Waals surface area (Å²) in [4.78, 5) is 17.3. The Bertz CT molecular complexity index is 956. The molecule has 1 unspecified atom stereocenters. The van der Waals surface area contributed by atoms with Crippen LogP contribution in [0.25, 0.3) is 0 Å². The Morgan fingerprint density at radius 1 is 1.28 bits per heavy atom. The van der Waals surface area contributed by atoms with Gasteiger partial charge >= 0.3 is 0 Å². The summed E-state index contributed by atoms with van der Waals surface area (Å²) in [6.07, 6.45) is 4.67. The molecule has 0 saturated heterocycles. The maximum Gasteiger partial charge on any atom is 0.255 e. The topological polar surface area (TPSA) is 85.0 Å². The average molecular weight is 335 g/mol. The molecule has 7 nitrogen and oxygen atoms in total. The van der Waals surface area contributed by atoms with Gasteiger partial charge in [-0.05, 0) is 31.5 Å². The van der Waals surface area contributed by atoms with Gasteiger partial charge in [0.1, 0.15) is 12.4 Å². The van der Waals surface area contributed by atoms with Crippen molar-refractivity contribution in [3.8, 4) is 0 Å². The van der Waals surface area contributed by atoms with Crippen molar-refractivity contribution in [1.82, 2.24) is 14.8 Å². The molecule has 0 fully saturated rings. The number of allylic oxidation sites excluding steroid dienone is 1. The standard InChI is InChI=1S/C18H17N5O2/c1-11-5-3-4-6-14(11)22-17(24)15-12(2)21-18-19-10-20-23(18)16(15)13-7-8-25-9-13/h3-10,16H,1-2H3,(H,22,24)(H,19,20,21). The minimum Gasteiger partial charge on any atom is -0.472 e. The van der Waals surface area contributed by atoms with E-state index in [4.69, 9.17) is 4.42 Å². The molecule has 7 heteroatoms. The van der Waals surface area contributed by atoms with E-state index in [-0.39, 0.29) is 5.91 Å². The lowest BCUT2D eigenvalue weighted by molar-refractivity contribution is -0.113. The molecule has 1 aromatic carbocycles. The van der Waals surface area contributed by atoms with Gasteiger partial charge in [0.15, 0.2) is 0 Å². The molecule has 3 heterocycles. The lowest BCUT2D eigenvalue weighted by atomic mass is 9.97. The van der Waals surface area contributed by atoms with Crippen LogP contribution in [0.2, 0.25) is 0 Å². The van der Waals surface area contributed by atoms with Crippen molar-refractivity contribution < 1.29 is 9.21 Å². The summed E-state index contributed by atoms with van der Waals surface area (Å²) in [5.41, 5.74) is 3.92. The average Bonchev–Trinajstić information content (AvgIpc) is 3.26. The Kier molecular flexibility index (Phi) is 3.61. The van der Waals surface area contributed by atoms with E-state index in [0.717, 1.165) is 22.5 Å². The van der Waals surface area contributed by atoms with Crippen LogP contribution in [0.4, 0.5) is 11.6 Å². The molecule has 3 aromatic rings.